The Morgan fingerprint density at radius 1 is 1.00 bits per heavy atom. The normalized spacial score (nSPS) is 11.8. The number of benzene rings is 1. The van der Waals surface area contributed by atoms with Gasteiger partial charge < -0.3 is 0 Å². The minimum absolute atomic E-state index is 0.134. The Bertz CT molecular complexity index is 307. The van der Waals surface area contributed by atoms with Crippen molar-refractivity contribution in [3.63, 3.8) is 0 Å². The molecule has 0 nitrogen and oxygen atoms in total. The molecule has 0 saturated heterocycles. The van der Waals surface area contributed by atoms with Crippen molar-refractivity contribution < 1.29 is 22.0 Å². The van der Waals surface area contributed by atoms with E-state index in [0.29, 0.717) is 0 Å². The Morgan fingerprint density at radius 2 is 1.38 bits per heavy atom. The van der Waals surface area contributed by atoms with Crippen molar-refractivity contribution in [1.29, 1.82) is 0 Å². The molecule has 0 N–H and O–H groups in total. The third kappa shape index (κ3) is 2.09. The van der Waals surface area contributed by atoms with E-state index in [4.69, 9.17) is 0 Å². The average Bonchev–Trinajstić information content (AvgIpc) is 1.78. The van der Waals surface area contributed by atoms with E-state index in [1.807, 2.05) is 0 Å². The molecule has 0 aromatic heterocycles. The Balaban J connectivity index is 3.38. The first-order valence-corrected chi connectivity index (χ1v) is 3.42. The van der Waals surface area contributed by atoms with Crippen LogP contribution in [0.2, 0.25) is 0 Å². The predicted octanol–water partition coefficient (Wildman–Crippen LogP) is 3.39. The van der Waals surface area contributed by atoms with Crippen LogP contribution in [0, 0.1) is 17.5 Å². The van der Waals surface area contributed by atoms with Crippen molar-refractivity contribution in [1.82, 2.24) is 0 Å². The topological polar surface area (TPSA) is 0 Å². The molecular formula is C7H2ClF5. The summed E-state index contributed by atoms with van der Waals surface area (Å²) in [5.74, 6) is -4.70. The highest BCUT2D eigenvalue weighted by Gasteiger charge is 2.35. The van der Waals surface area contributed by atoms with Crippen LogP contribution in [-0.2, 0) is 5.38 Å². The second-order valence-corrected chi connectivity index (χ2v) is 2.72. The van der Waals surface area contributed by atoms with Crippen LogP contribution in [0.1, 0.15) is 5.56 Å². The van der Waals surface area contributed by atoms with Gasteiger partial charge in [-0.2, -0.15) is 8.78 Å². The first kappa shape index (κ1) is 10.2. The quantitative estimate of drug-likeness (QED) is 0.499. The zero-order valence-electron chi connectivity index (χ0n) is 5.92. The summed E-state index contributed by atoms with van der Waals surface area (Å²) in [5, 5.41) is -4.18. The van der Waals surface area contributed by atoms with E-state index in [0.717, 1.165) is 0 Å². The van der Waals surface area contributed by atoms with Crippen molar-refractivity contribution in [2.24, 2.45) is 0 Å². The molecule has 0 bridgehead atoms. The molecule has 1 rings (SSSR count). The van der Waals surface area contributed by atoms with Gasteiger partial charge in [-0.3, -0.25) is 0 Å². The van der Waals surface area contributed by atoms with Gasteiger partial charge in [-0.1, -0.05) is 0 Å². The third-order valence-corrected chi connectivity index (χ3v) is 1.48. The van der Waals surface area contributed by atoms with E-state index in [1.54, 1.807) is 0 Å². The maximum Gasteiger partial charge on any atom is 0.353 e. The maximum absolute atomic E-state index is 12.6. The van der Waals surface area contributed by atoms with Gasteiger partial charge >= 0.3 is 5.38 Å². The highest BCUT2D eigenvalue weighted by molar-refractivity contribution is 6.21. The van der Waals surface area contributed by atoms with E-state index >= 15 is 0 Å². The van der Waals surface area contributed by atoms with Gasteiger partial charge in [0.05, 0.1) is 0 Å². The zero-order valence-corrected chi connectivity index (χ0v) is 6.68. The standard InChI is InChI=1S/C7H2ClF5/c8-7(12,13)6-4(10)1-3(9)2-5(6)11/h1-2H. The van der Waals surface area contributed by atoms with E-state index in [2.05, 4.69) is 11.6 Å². The predicted molar refractivity (Wildman–Crippen MR) is 36.1 cm³/mol. The summed E-state index contributed by atoms with van der Waals surface area (Å²) in [6, 6.07) is 0.267. The first-order chi connectivity index (χ1) is 5.82. The molecule has 0 fully saturated rings. The fourth-order valence-electron chi connectivity index (χ4n) is 0.813. The lowest BCUT2D eigenvalue weighted by molar-refractivity contribution is 0.0856. The van der Waals surface area contributed by atoms with Crippen molar-refractivity contribution >= 4 is 11.6 Å². The summed E-state index contributed by atoms with van der Waals surface area (Å²) >= 11 is 4.39. The van der Waals surface area contributed by atoms with E-state index in [9.17, 15) is 22.0 Å². The van der Waals surface area contributed by atoms with Crippen LogP contribution in [0.15, 0.2) is 12.1 Å². The van der Waals surface area contributed by atoms with Crippen molar-refractivity contribution in [2.45, 2.75) is 5.38 Å². The van der Waals surface area contributed by atoms with E-state index < -0.39 is 28.4 Å². The van der Waals surface area contributed by atoms with Crippen LogP contribution in [0.5, 0.6) is 0 Å². The Morgan fingerprint density at radius 3 is 1.69 bits per heavy atom. The van der Waals surface area contributed by atoms with E-state index in [-0.39, 0.29) is 12.1 Å². The summed E-state index contributed by atoms with van der Waals surface area (Å²) in [6.07, 6.45) is 0. The summed E-state index contributed by atoms with van der Waals surface area (Å²) in [5.41, 5.74) is -1.64. The lowest BCUT2D eigenvalue weighted by Crippen LogP contribution is -2.10. The van der Waals surface area contributed by atoms with Crippen molar-refractivity contribution in [3.05, 3.63) is 35.1 Å². The van der Waals surface area contributed by atoms with Gasteiger partial charge in [-0.15, -0.1) is 0 Å². The number of alkyl halides is 3. The molecule has 0 radical (unpaired) electrons. The Kier molecular flexibility index (Phi) is 2.47. The van der Waals surface area contributed by atoms with Crippen molar-refractivity contribution in [3.8, 4) is 0 Å². The molecule has 1 aromatic rings. The lowest BCUT2D eigenvalue weighted by Gasteiger charge is -2.09. The SMILES string of the molecule is Fc1cc(F)c(C(F)(F)Cl)c(F)c1. The molecule has 0 aliphatic carbocycles. The van der Waals surface area contributed by atoms with Gasteiger partial charge in [-0.25, -0.2) is 13.2 Å². The van der Waals surface area contributed by atoms with Gasteiger partial charge in [0.1, 0.15) is 23.0 Å². The van der Waals surface area contributed by atoms with Crippen LogP contribution in [0.25, 0.3) is 0 Å². The molecule has 0 amide bonds. The molecule has 0 atom stereocenters. The number of hydrogen-bond acceptors (Lipinski definition) is 0. The Hall–Kier alpha value is -0.840. The van der Waals surface area contributed by atoms with Gasteiger partial charge in [0.15, 0.2) is 0 Å². The second-order valence-electron chi connectivity index (χ2n) is 2.24. The summed E-state index contributed by atoms with van der Waals surface area (Å²) in [4.78, 5) is 0. The molecule has 72 valence electrons. The summed E-state index contributed by atoms with van der Waals surface area (Å²) in [6.45, 7) is 0. The minimum Gasteiger partial charge on any atom is -0.207 e. The molecule has 0 spiro atoms. The van der Waals surface area contributed by atoms with Crippen LogP contribution < -0.4 is 0 Å². The Labute approximate surface area is 74.9 Å². The van der Waals surface area contributed by atoms with Crippen molar-refractivity contribution in [2.75, 3.05) is 0 Å². The molecule has 6 heteroatoms. The minimum atomic E-state index is -4.18. The molecule has 1 aromatic carbocycles. The highest BCUT2D eigenvalue weighted by Crippen LogP contribution is 2.36. The average molecular weight is 217 g/mol. The zero-order chi connectivity index (χ0) is 10.2. The summed E-state index contributed by atoms with van der Waals surface area (Å²) < 4.78 is 61.9. The van der Waals surface area contributed by atoms with Crippen LogP contribution in [-0.4, -0.2) is 0 Å². The van der Waals surface area contributed by atoms with Gasteiger partial charge in [0.2, 0.25) is 0 Å². The molecule has 0 aliphatic rings. The van der Waals surface area contributed by atoms with Crippen LogP contribution >= 0.6 is 11.6 Å². The number of hydrogen-bond donors (Lipinski definition) is 0. The summed E-state index contributed by atoms with van der Waals surface area (Å²) in [7, 11) is 0. The molecular weight excluding hydrogens is 215 g/mol. The highest BCUT2D eigenvalue weighted by atomic mass is 35.5. The maximum atomic E-state index is 12.6. The molecule has 0 saturated carbocycles. The monoisotopic (exact) mass is 216 g/mol. The fraction of sp³-hybridized carbons (Fsp3) is 0.143. The van der Waals surface area contributed by atoms with Gasteiger partial charge in [-0.05, 0) is 11.6 Å². The molecule has 0 heterocycles. The lowest BCUT2D eigenvalue weighted by atomic mass is 10.2. The van der Waals surface area contributed by atoms with E-state index in [1.165, 1.54) is 0 Å². The van der Waals surface area contributed by atoms with Gasteiger partial charge in [0.25, 0.3) is 0 Å². The molecule has 13 heavy (non-hydrogen) atoms. The third-order valence-electron chi connectivity index (χ3n) is 1.29. The fourth-order valence-corrected chi connectivity index (χ4v) is 0.994. The first-order valence-electron chi connectivity index (χ1n) is 3.04. The molecule has 0 unspecified atom stereocenters. The van der Waals surface area contributed by atoms with Gasteiger partial charge in [0, 0.05) is 12.1 Å². The second kappa shape index (κ2) is 3.14. The smallest absolute Gasteiger partial charge is 0.207 e. The molecule has 0 aliphatic heterocycles. The largest absolute Gasteiger partial charge is 0.353 e. The van der Waals surface area contributed by atoms with Crippen LogP contribution in [0.3, 0.4) is 0 Å². The number of rotatable bonds is 1. The number of halogens is 6. The van der Waals surface area contributed by atoms with Crippen LogP contribution in [0.4, 0.5) is 22.0 Å².